The summed E-state index contributed by atoms with van der Waals surface area (Å²) >= 11 is 1.26. The lowest BCUT2D eigenvalue weighted by molar-refractivity contribution is -0.116. The third kappa shape index (κ3) is 6.24. The molecule has 0 aliphatic heterocycles. The first-order valence-electron chi connectivity index (χ1n) is 9.95. The van der Waals surface area contributed by atoms with Crippen LogP contribution >= 0.6 is 11.8 Å². The van der Waals surface area contributed by atoms with Gasteiger partial charge in [0.05, 0.1) is 26.4 Å². The summed E-state index contributed by atoms with van der Waals surface area (Å²) < 4.78 is 12.2. The number of anilines is 2. The van der Waals surface area contributed by atoms with Gasteiger partial charge >= 0.3 is 0 Å². The summed E-state index contributed by atoms with van der Waals surface area (Å²) in [5.41, 5.74) is 1.29. The topological polar surface area (TPSA) is 107 Å². The lowest BCUT2D eigenvalue weighted by Crippen LogP contribution is -2.18. The summed E-state index contributed by atoms with van der Waals surface area (Å²) in [6.07, 6.45) is 0.0641. The van der Waals surface area contributed by atoms with E-state index < -0.39 is 0 Å². The zero-order chi connectivity index (χ0) is 22.9. The van der Waals surface area contributed by atoms with E-state index in [-0.39, 0.29) is 24.0 Å². The van der Waals surface area contributed by atoms with Crippen molar-refractivity contribution < 1.29 is 19.1 Å². The molecule has 2 N–H and O–H groups in total. The number of nitrogens with zero attached hydrogens (tertiary/aromatic N) is 3. The van der Waals surface area contributed by atoms with Crippen molar-refractivity contribution in [3.05, 3.63) is 54.4 Å². The first-order valence-corrected chi connectivity index (χ1v) is 10.9. The van der Waals surface area contributed by atoms with E-state index in [4.69, 9.17) is 9.47 Å². The predicted octanol–water partition coefficient (Wildman–Crippen LogP) is 3.23. The number of rotatable bonds is 10. The molecule has 10 heteroatoms. The van der Waals surface area contributed by atoms with E-state index >= 15 is 0 Å². The lowest BCUT2D eigenvalue weighted by atomic mass is 10.3. The van der Waals surface area contributed by atoms with Gasteiger partial charge in [-0.1, -0.05) is 23.9 Å². The van der Waals surface area contributed by atoms with Crippen molar-refractivity contribution in [1.82, 2.24) is 14.8 Å². The minimum absolute atomic E-state index is 0.0641. The molecule has 0 aliphatic carbocycles. The third-order valence-corrected chi connectivity index (χ3v) is 5.43. The van der Waals surface area contributed by atoms with Crippen molar-refractivity contribution in [2.24, 2.45) is 0 Å². The van der Waals surface area contributed by atoms with Crippen LogP contribution in [0.25, 0.3) is 0 Å². The molecule has 0 fully saturated rings. The molecule has 168 valence electrons. The number of carbonyl (C=O) groups is 2. The van der Waals surface area contributed by atoms with Gasteiger partial charge in [0.25, 0.3) is 0 Å². The van der Waals surface area contributed by atoms with Crippen LogP contribution in [0.4, 0.5) is 11.4 Å². The molecule has 0 saturated heterocycles. The molecule has 0 saturated carbocycles. The molecule has 0 bridgehead atoms. The first kappa shape index (κ1) is 23.1. The number of carbonyl (C=O) groups excluding carboxylic acids is 2. The minimum Gasteiger partial charge on any atom is -0.497 e. The zero-order valence-corrected chi connectivity index (χ0v) is 18.9. The Morgan fingerprint density at radius 3 is 2.09 bits per heavy atom. The van der Waals surface area contributed by atoms with E-state index in [0.717, 1.165) is 0 Å². The number of aromatic nitrogens is 3. The molecule has 32 heavy (non-hydrogen) atoms. The maximum Gasteiger partial charge on any atom is 0.234 e. The van der Waals surface area contributed by atoms with Crippen LogP contribution in [-0.2, 0) is 22.6 Å². The fraction of sp³-hybridized carbons (Fsp3) is 0.273. The van der Waals surface area contributed by atoms with E-state index in [1.165, 1.54) is 11.8 Å². The second-order valence-corrected chi connectivity index (χ2v) is 7.61. The highest BCUT2D eigenvalue weighted by molar-refractivity contribution is 7.99. The Morgan fingerprint density at radius 2 is 1.53 bits per heavy atom. The van der Waals surface area contributed by atoms with E-state index in [1.807, 2.05) is 11.5 Å². The minimum atomic E-state index is -0.215. The van der Waals surface area contributed by atoms with Gasteiger partial charge in [0.1, 0.15) is 17.3 Å². The average Bonchev–Trinajstić information content (AvgIpc) is 3.19. The summed E-state index contributed by atoms with van der Waals surface area (Å²) in [7, 11) is 3.14. The summed E-state index contributed by atoms with van der Waals surface area (Å²) in [5.74, 6) is 1.62. The molecule has 0 spiro atoms. The number of thioether (sulfide) groups is 1. The van der Waals surface area contributed by atoms with Gasteiger partial charge in [0.15, 0.2) is 5.16 Å². The molecule has 0 aliphatic rings. The normalized spacial score (nSPS) is 10.5. The van der Waals surface area contributed by atoms with Crippen molar-refractivity contribution >= 4 is 35.0 Å². The lowest BCUT2D eigenvalue weighted by Gasteiger charge is -2.09. The molecule has 2 amide bonds. The number of nitrogens with one attached hydrogen (secondary N) is 2. The fourth-order valence-corrected chi connectivity index (χ4v) is 3.77. The smallest absolute Gasteiger partial charge is 0.234 e. The van der Waals surface area contributed by atoms with Gasteiger partial charge in [-0.2, -0.15) is 0 Å². The highest BCUT2D eigenvalue weighted by atomic mass is 32.2. The van der Waals surface area contributed by atoms with Crippen molar-refractivity contribution in [3.63, 3.8) is 0 Å². The highest BCUT2D eigenvalue weighted by Gasteiger charge is 2.16. The van der Waals surface area contributed by atoms with Crippen LogP contribution in [0.15, 0.2) is 53.7 Å². The van der Waals surface area contributed by atoms with Crippen LogP contribution in [0.5, 0.6) is 11.5 Å². The SMILES string of the molecule is CCn1c(CC(=O)Nc2cccc(OC)c2)nnc1SCC(=O)Nc1cccc(OC)c1. The molecule has 0 unspecified atom stereocenters. The molecule has 3 aromatic rings. The second-order valence-electron chi connectivity index (χ2n) is 6.67. The van der Waals surface area contributed by atoms with Crippen molar-refractivity contribution in [2.45, 2.75) is 25.0 Å². The Kier molecular flexibility index (Phi) is 8.09. The Bertz CT molecular complexity index is 1090. The third-order valence-electron chi connectivity index (χ3n) is 4.47. The molecule has 0 atom stereocenters. The number of hydrogen-bond donors (Lipinski definition) is 2. The molecule has 2 aromatic carbocycles. The van der Waals surface area contributed by atoms with Crippen LogP contribution < -0.4 is 20.1 Å². The molecular weight excluding hydrogens is 430 g/mol. The van der Waals surface area contributed by atoms with Gasteiger partial charge in [-0.3, -0.25) is 9.59 Å². The number of benzene rings is 2. The van der Waals surface area contributed by atoms with Crippen LogP contribution in [-0.4, -0.2) is 46.6 Å². The summed E-state index contributed by atoms with van der Waals surface area (Å²) in [4.78, 5) is 24.8. The quantitative estimate of drug-likeness (QED) is 0.452. The maximum atomic E-state index is 12.5. The molecule has 9 nitrogen and oxygen atoms in total. The Labute approximate surface area is 190 Å². The van der Waals surface area contributed by atoms with Gasteiger partial charge in [0, 0.05) is 30.1 Å². The van der Waals surface area contributed by atoms with Crippen LogP contribution in [0, 0.1) is 0 Å². The van der Waals surface area contributed by atoms with E-state index in [9.17, 15) is 9.59 Å². The highest BCUT2D eigenvalue weighted by Crippen LogP contribution is 2.21. The number of hydrogen-bond acceptors (Lipinski definition) is 7. The van der Waals surface area contributed by atoms with E-state index in [0.29, 0.717) is 40.4 Å². The van der Waals surface area contributed by atoms with Gasteiger partial charge in [-0.25, -0.2) is 0 Å². The fourth-order valence-electron chi connectivity index (χ4n) is 2.95. The number of ether oxygens (including phenoxy) is 2. The molecule has 3 rings (SSSR count). The predicted molar refractivity (Wildman–Crippen MR) is 123 cm³/mol. The second kappa shape index (κ2) is 11.2. The van der Waals surface area contributed by atoms with Gasteiger partial charge in [-0.05, 0) is 31.2 Å². The zero-order valence-electron chi connectivity index (χ0n) is 18.1. The number of amides is 2. The Morgan fingerprint density at radius 1 is 0.938 bits per heavy atom. The van der Waals surface area contributed by atoms with Crippen molar-refractivity contribution in [1.29, 1.82) is 0 Å². The number of methoxy groups -OCH3 is 2. The van der Waals surface area contributed by atoms with Crippen molar-refractivity contribution in [2.75, 3.05) is 30.6 Å². The summed E-state index contributed by atoms with van der Waals surface area (Å²) in [6.45, 7) is 2.52. The van der Waals surface area contributed by atoms with Crippen molar-refractivity contribution in [3.8, 4) is 11.5 Å². The monoisotopic (exact) mass is 455 g/mol. The Hall–Kier alpha value is -3.53. The standard InChI is InChI=1S/C22H25N5O4S/c1-4-27-19(13-20(28)23-15-7-5-9-17(11-15)30-2)25-26-22(27)32-14-21(29)24-16-8-6-10-18(12-16)31-3/h5-12H,4,13-14H2,1-3H3,(H,23,28)(H,24,29). The largest absolute Gasteiger partial charge is 0.497 e. The molecule has 1 aromatic heterocycles. The van der Waals surface area contributed by atoms with Crippen LogP contribution in [0.1, 0.15) is 12.7 Å². The van der Waals surface area contributed by atoms with Gasteiger partial charge < -0.3 is 24.7 Å². The molecule has 0 radical (unpaired) electrons. The summed E-state index contributed by atoms with van der Waals surface area (Å²) in [6, 6.07) is 14.3. The van der Waals surface area contributed by atoms with Crippen LogP contribution in [0.2, 0.25) is 0 Å². The van der Waals surface area contributed by atoms with Crippen LogP contribution in [0.3, 0.4) is 0 Å². The first-order chi connectivity index (χ1) is 15.5. The van der Waals surface area contributed by atoms with Gasteiger partial charge in [-0.15, -0.1) is 10.2 Å². The van der Waals surface area contributed by atoms with Gasteiger partial charge in [0.2, 0.25) is 11.8 Å². The Balaban J connectivity index is 1.57. The van der Waals surface area contributed by atoms with E-state index in [2.05, 4.69) is 20.8 Å². The average molecular weight is 456 g/mol. The maximum absolute atomic E-state index is 12.5. The van der Waals surface area contributed by atoms with E-state index in [1.54, 1.807) is 62.8 Å². The molecule has 1 heterocycles. The molecular formula is C22H25N5O4S. The summed E-state index contributed by atoms with van der Waals surface area (Å²) in [5, 5.41) is 14.5.